The molecule has 2 nitrogen and oxygen atoms in total. The molecule has 2 heteroatoms. The van der Waals surface area contributed by atoms with Crippen LogP contribution in [0.2, 0.25) is 0 Å². The molecular weight excluding hydrogens is 150 g/mol. The molecule has 0 saturated carbocycles. The summed E-state index contributed by atoms with van der Waals surface area (Å²) in [6.45, 7) is 10.8. The first-order valence-corrected chi connectivity index (χ1v) is 5.09. The molecule has 0 amide bonds. The molecule has 0 aromatic rings. The first kappa shape index (κ1) is 11.9. The third-order valence-corrected chi connectivity index (χ3v) is 2.28. The Bertz CT molecular complexity index is 106. The minimum atomic E-state index is 0.873. The normalized spacial score (nSPS) is 16.0. The van der Waals surface area contributed by atoms with Crippen LogP contribution in [0.25, 0.3) is 0 Å². The van der Waals surface area contributed by atoms with E-state index in [4.69, 9.17) is 4.74 Å². The molecule has 0 aliphatic rings. The maximum absolute atomic E-state index is 5.56. The fourth-order valence-electron chi connectivity index (χ4n) is 1.28. The molecule has 12 heavy (non-hydrogen) atoms. The number of hydrogen-bond donors (Lipinski definition) is 0. The molecule has 74 valence electrons. The van der Waals surface area contributed by atoms with Gasteiger partial charge in [-0.25, -0.2) is 0 Å². The van der Waals surface area contributed by atoms with Crippen LogP contribution in [-0.2, 0) is 4.74 Å². The Labute approximate surface area is 77.1 Å². The highest BCUT2D eigenvalue weighted by Crippen LogP contribution is 2.03. The lowest BCUT2D eigenvalue weighted by atomic mass is 10.4. The lowest BCUT2D eigenvalue weighted by Crippen LogP contribution is -2.46. The van der Waals surface area contributed by atoms with E-state index >= 15 is 0 Å². The second kappa shape index (κ2) is 6.44. The van der Waals surface area contributed by atoms with Gasteiger partial charge in [0, 0.05) is 0 Å². The average molecular weight is 174 g/mol. The molecule has 0 aliphatic carbocycles. The molecule has 0 radical (unpaired) electrons. The van der Waals surface area contributed by atoms with Gasteiger partial charge in [0.15, 0.2) is 6.73 Å². The van der Waals surface area contributed by atoms with Crippen LogP contribution in [-0.4, -0.2) is 38.0 Å². The van der Waals surface area contributed by atoms with Crippen LogP contribution in [0.5, 0.6) is 0 Å². The third kappa shape index (κ3) is 4.73. The standard InChI is InChI=1S/C10H24NO/c1-5-8-11(4,7-3)10-12-9-6-2/h5-10H2,1-4H3/q+1. The summed E-state index contributed by atoms with van der Waals surface area (Å²) < 4.78 is 6.62. The van der Waals surface area contributed by atoms with Crippen molar-refractivity contribution in [3.63, 3.8) is 0 Å². The molecule has 0 aliphatic heterocycles. The second-order valence-corrected chi connectivity index (χ2v) is 3.70. The zero-order valence-electron chi connectivity index (χ0n) is 9.10. The van der Waals surface area contributed by atoms with Gasteiger partial charge in [-0.05, 0) is 19.8 Å². The van der Waals surface area contributed by atoms with Gasteiger partial charge in [-0.3, -0.25) is 0 Å². The van der Waals surface area contributed by atoms with Gasteiger partial charge in [-0.2, -0.15) is 0 Å². The van der Waals surface area contributed by atoms with Crippen molar-refractivity contribution in [3.05, 3.63) is 0 Å². The number of hydrogen-bond acceptors (Lipinski definition) is 1. The Kier molecular flexibility index (Phi) is 6.39. The van der Waals surface area contributed by atoms with Gasteiger partial charge >= 0.3 is 0 Å². The van der Waals surface area contributed by atoms with Crippen molar-refractivity contribution in [2.45, 2.75) is 33.6 Å². The maximum Gasteiger partial charge on any atom is 0.182 e. The van der Waals surface area contributed by atoms with E-state index in [2.05, 4.69) is 27.8 Å². The number of rotatable bonds is 7. The molecular formula is C10H24NO+. The summed E-state index contributed by atoms with van der Waals surface area (Å²) in [5.74, 6) is 0. The van der Waals surface area contributed by atoms with Crippen LogP contribution < -0.4 is 0 Å². The molecule has 0 heterocycles. The van der Waals surface area contributed by atoms with Crippen molar-refractivity contribution < 1.29 is 9.22 Å². The predicted molar refractivity (Wildman–Crippen MR) is 53.0 cm³/mol. The third-order valence-electron chi connectivity index (χ3n) is 2.28. The van der Waals surface area contributed by atoms with E-state index in [1.165, 1.54) is 13.0 Å². The Hall–Kier alpha value is -0.0800. The van der Waals surface area contributed by atoms with Gasteiger partial charge in [0.1, 0.15) is 0 Å². The zero-order chi connectivity index (χ0) is 9.45. The summed E-state index contributed by atoms with van der Waals surface area (Å²) in [5.41, 5.74) is 0. The van der Waals surface area contributed by atoms with Gasteiger partial charge in [-0.15, -0.1) is 0 Å². The van der Waals surface area contributed by atoms with E-state index in [1.54, 1.807) is 0 Å². The molecule has 0 spiro atoms. The zero-order valence-corrected chi connectivity index (χ0v) is 9.10. The van der Waals surface area contributed by atoms with Gasteiger partial charge in [0.2, 0.25) is 0 Å². The van der Waals surface area contributed by atoms with E-state index in [9.17, 15) is 0 Å². The van der Waals surface area contributed by atoms with Crippen molar-refractivity contribution in [3.8, 4) is 0 Å². The largest absolute Gasteiger partial charge is 0.332 e. The van der Waals surface area contributed by atoms with Crippen molar-refractivity contribution in [2.75, 3.05) is 33.5 Å². The van der Waals surface area contributed by atoms with Gasteiger partial charge in [0.05, 0.1) is 26.7 Å². The minimum absolute atomic E-state index is 0.873. The van der Waals surface area contributed by atoms with Gasteiger partial charge in [0.25, 0.3) is 0 Å². The summed E-state index contributed by atoms with van der Waals surface area (Å²) in [6, 6.07) is 0. The van der Waals surface area contributed by atoms with Crippen molar-refractivity contribution in [1.82, 2.24) is 0 Å². The Morgan fingerprint density at radius 2 is 1.75 bits per heavy atom. The number of ether oxygens (including phenoxy) is 1. The van der Waals surface area contributed by atoms with Crippen LogP contribution in [0.4, 0.5) is 0 Å². The van der Waals surface area contributed by atoms with Crippen LogP contribution >= 0.6 is 0 Å². The molecule has 0 fully saturated rings. The van der Waals surface area contributed by atoms with Crippen LogP contribution in [0.3, 0.4) is 0 Å². The van der Waals surface area contributed by atoms with Gasteiger partial charge < -0.3 is 9.22 Å². The monoisotopic (exact) mass is 174 g/mol. The van der Waals surface area contributed by atoms with Crippen molar-refractivity contribution >= 4 is 0 Å². The lowest BCUT2D eigenvalue weighted by Gasteiger charge is -2.32. The Morgan fingerprint density at radius 3 is 2.17 bits per heavy atom. The van der Waals surface area contributed by atoms with E-state index < -0.39 is 0 Å². The van der Waals surface area contributed by atoms with E-state index in [-0.39, 0.29) is 0 Å². The quantitative estimate of drug-likeness (QED) is 0.327. The molecule has 0 saturated heterocycles. The van der Waals surface area contributed by atoms with Crippen LogP contribution in [0.1, 0.15) is 33.6 Å². The van der Waals surface area contributed by atoms with E-state index in [0.717, 1.165) is 30.8 Å². The van der Waals surface area contributed by atoms with Crippen molar-refractivity contribution in [1.29, 1.82) is 0 Å². The van der Waals surface area contributed by atoms with Crippen LogP contribution in [0.15, 0.2) is 0 Å². The van der Waals surface area contributed by atoms with E-state index in [1.807, 2.05) is 0 Å². The molecule has 1 atom stereocenters. The van der Waals surface area contributed by atoms with E-state index in [0.29, 0.717) is 0 Å². The Balaban J connectivity index is 3.63. The molecule has 0 aromatic heterocycles. The predicted octanol–water partition coefficient (Wildman–Crippen LogP) is 2.25. The smallest absolute Gasteiger partial charge is 0.182 e. The SMILES string of the molecule is CCCOC[N+](C)(CC)CCC. The summed E-state index contributed by atoms with van der Waals surface area (Å²) >= 11 is 0. The highest BCUT2D eigenvalue weighted by Gasteiger charge is 2.16. The number of nitrogens with zero attached hydrogens (tertiary/aromatic N) is 1. The molecule has 0 aromatic carbocycles. The Morgan fingerprint density at radius 1 is 1.08 bits per heavy atom. The summed E-state index contributed by atoms with van der Waals surface area (Å²) in [6.07, 6.45) is 2.36. The first-order chi connectivity index (χ1) is 5.68. The molecule has 0 bridgehead atoms. The fourth-order valence-corrected chi connectivity index (χ4v) is 1.28. The molecule has 0 N–H and O–H groups in total. The van der Waals surface area contributed by atoms with Gasteiger partial charge in [-0.1, -0.05) is 13.8 Å². The summed E-state index contributed by atoms with van der Waals surface area (Å²) in [7, 11) is 2.26. The lowest BCUT2D eigenvalue weighted by molar-refractivity contribution is -0.926. The molecule has 0 rings (SSSR count). The molecule has 1 unspecified atom stereocenters. The summed E-state index contributed by atoms with van der Waals surface area (Å²) in [4.78, 5) is 0. The van der Waals surface area contributed by atoms with Crippen molar-refractivity contribution in [2.24, 2.45) is 0 Å². The highest BCUT2D eigenvalue weighted by molar-refractivity contribution is 4.30. The topological polar surface area (TPSA) is 9.23 Å². The first-order valence-electron chi connectivity index (χ1n) is 5.09. The maximum atomic E-state index is 5.56. The number of quaternary nitrogens is 1. The minimum Gasteiger partial charge on any atom is -0.332 e. The highest BCUT2D eigenvalue weighted by atomic mass is 16.5. The summed E-state index contributed by atoms with van der Waals surface area (Å²) in [5, 5.41) is 0. The second-order valence-electron chi connectivity index (χ2n) is 3.70. The average Bonchev–Trinajstić information content (AvgIpc) is 2.06. The fraction of sp³-hybridized carbons (Fsp3) is 1.00. The van der Waals surface area contributed by atoms with Crippen LogP contribution in [0, 0.1) is 0 Å².